The third-order valence-electron chi connectivity index (χ3n) is 4.87. The molecule has 1 atom stereocenters. The first-order valence-electron chi connectivity index (χ1n) is 8.08. The van der Waals surface area contributed by atoms with E-state index in [1.54, 1.807) is 23.0 Å². The predicted molar refractivity (Wildman–Crippen MR) is 94.7 cm³/mol. The number of benzene rings is 1. The van der Waals surface area contributed by atoms with E-state index in [2.05, 4.69) is 10.00 Å². The van der Waals surface area contributed by atoms with Crippen LogP contribution in [-0.4, -0.2) is 49.8 Å². The van der Waals surface area contributed by atoms with Crippen LogP contribution in [0.1, 0.15) is 17.7 Å². The van der Waals surface area contributed by atoms with Crippen LogP contribution >= 0.6 is 0 Å². The number of hydrogen-bond acceptors (Lipinski definition) is 4. The van der Waals surface area contributed by atoms with Gasteiger partial charge < -0.3 is 4.90 Å². The minimum atomic E-state index is -3.65. The highest BCUT2D eigenvalue weighted by molar-refractivity contribution is 7.92. The van der Waals surface area contributed by atoms with Crippen molar-refractivity contribution in [2.75, 3.05) is 24.9 Å². The topological polar surface area (TPSA) is 58.4 Å². The number of fused-ring (bicyclic) bond motifs is 1. The lowest BCUT2D eigenvalue weighted by atomic mass is 10.1. The van der Waals surface area contributed by atoms with E-state index in [0.29, 0.717) is 12.2 Å². The second-order valence-corrected chi connectivity index (χ2v) is 8.37. The van der Waals surface area contributed by atoms with Crippen molar-refractivity contribution in [1.82, 2.24) is 14.7 Å². The van der Waals surface area contributed by atoms with Gasteiger partial charge in [-0.2, -0.15) is 5.10 Å². The molecule has 1 aliphatic rings. The molecule has 0 bridgehead atoms. The molecule has 0 N–H and O–H groups in total. The predicted octanol–water partition coefficient (Wildman–Crippen LogP) is 1.80. The summed E-state index contributed by atoms with van der Waals surface area (Å²) in [6.07, 6.45) is 3.25. The molecule has 7 heteroatoms. The van der Waals surface area contributed by atoms with Gasteiger partial charge >= 0.3 is 0 Å². The standard InChI is InChI=1S/C17H24N4O2S/c1-13-17(11-18-20(13)4)24(22,23)21-12-15(19(2)3)10-9-14-7-5-6-8-16(14)21/h5-8,11,15H,9-10,12H2,1-4H3. The lowest BCUT2D eigenvalue weighted by Gasteiger charge is -2.30. The van der Waals surface area contributed by atoms with E-state index < -0.39 is 10.0 Å². The highest BCUT2D eigenvalue weighted by Gasteiger charge is 2.34. The Morgan fingerprint density at radius 2 is 1.96 bits per heavy atom. The monoisotopic (exact) mass is 348 g/mol. The average Bonchev–Trinajstić information content (AvgIpc) is 2.77. The number of hydrogen-bond donors (Lipinski definition) is 0. The normalized spacial score (nSPS) is 18.5. The molecule has 0 radical (unpaired) electrons. The first kappa shape index (κ1) is 17.0. The molecule has 2 aromatic rings. The molecule has 0 aliphatic carbocycles. The van der Waals surface area contributed by atoms with Crippen LogP contribution in [0.15, 0.2) is 35.4 Å². The zero-order valence-electron chi connectivity index (χ0n) is 14.6. The molecule has 0 saturated heterocycles. The van der Waals surface area contributed by atoms with E-state index in [-0.39, 0.29) is 10.9 Å². The maximum absolute atomic E-state index is 13.4. The molecule has 0 fully saturated rings. The molecule has 2 heterocycles. The Balaban J connectivity index is 2.13. The maximum atomic E-state index is 13.4. The molecular weight excluding hydrogens is 324 g/mol. The van der Waals surface area contributed by atoms with Crippen molar-refractivity contribution in [2.45, 2.75) is 30.7 Å². The van der Waals surface area contributed by atoms with Gasteiger partial charge in [0.1, 0.15) is 4.90 Å². The van der Waals surface area contributed by atoms with Crippen molar-refractivity contribution >= 4 is 15.7 Å². The Hall–Kier alpha value is -1.86. The summed E-state index contributed by atoms with van der Waals surface area (Å²) in [7, 11) is 2.11. The van der Waals surface area contributed by atoms with Gasteiger partial charge in [0.05, 0.1) is 17.6 Å². The minimum absolute atomic E-state index is 0.171. The van der Waals surface area contributed by atoms with E-state index in [1.807, 2.05) is 38.4 Å². The molecule has 1 aliphatic heterocycles. The number of likely N-dealkylation sites (N-methyl/N-ethyl adjacent to an activating group) is 1. The first-order valence-corrected chi connectivity index (χ1v) is 9.52. The molecule has 6 nitrogen and oxygen atoms in total. The third kappa shape index (κ3) is 2.82. The lowest BCUT2D eigenvalue weighted by molar-refractivity contribution is 0.288. The highest BCUT2D eigenvalue weighted by Crippen LogP contribution is 2.32. The number of nitrogens with zero attached hydrogens (tertiary/aromatic N) is 4. The summed E-state index contributed by atoms with van der Waals surface area (Å²) in [4.78, 5) is 2.38. The van der Waals surface area contributed by atoms with Crippen LogP contribution in [0.5, 0.6) is 0 Å². The van der Waals surface area contributed by atoms with Gasteiger partial charge in [-0.3, -0.25) is 8.99 Å². The smallest absolute Gasteiger partial charge is 0.267 e. The van der Waals surface area contributed by atoms with Crippen LogP contribution < -0.4 is 4.31 Å². The molecule has 3 rings (SSSR count). The fraction of sp³-hybridized carbons (Fsp3) is 0.471. The largest absolute Gasteiger partial charge is 0.305 e. The Labute approximate surface area is 143 Å². The van der Waals surface area contributed by atoms with Gasteiger partial charge in [-0.25, -0.2) is 8.42 Å². The van der Waals surface area contributed by atoms with Gasteiger partial charge in [0, 0.05) is 19.6 Å². The van der Waals surface area contributed by atoms with E-state index in [0.717, 1.165) is 24.1 Å². The lowest BCUT2D eigenvalue weighted by Crippen LogP contribution is -2.42. The maximum Gasteiger partial charge on any atom is 0.267 e. The molecule has 1 aromatic carbocycles. The summed E-state index contributed by atoms with van der Waals surface area (Å²) in [5.74, 6) is 0. The van der Waals surface area contributed by atoms with E-state index in [4.69, 9.17) is 0 Å². The van der Waals surface area contributed by atoms with Crippen LogP contribution in [0.2, 0.25) is 0 Å². The van der Waals surface area contributed by atoms with Gasteiger partial charge in [0.15, 0.2) is 0 Å². The Bertz CT molecular complexity index is 842. The van der Waals surface area contributed by atoms with E-state index >= 15 is 0 Å². The molecule has 1 aromatic heterocycles. The molecule has 0 saturated carbocycles. The minimum Gasteiger partial charge on any atom is -0.305 e. The molecular formula is C17H24N4O2S. The number of aryl methyl sites for hydroxylation is 2. The van der Waals surface area contributed by atoms with Crippen LogP contribution in [-0.2, 0) is 23.5 Å². The van der Waals surface area contributed by atoms with Crippen molar-refractivity contribution in [3.63, 3.8) is 0 Å². The first-order chi connectivity index (χ1) is 11.3. The number of sulfonamides is 1. The zero-order chi connectivity index (χ0) is 17.5. The van der Waals surface area contributed by atoms with Crippen molar-refractivity contribution in [3.8, 4) is 0 Å². The van der Waals surface area contributed by atoms with Gasteiger partial charge in [0.2, 0.25) is 0 Å². The summed E-state index contributed by atoms with van der Waals surface area (Å²) in [5, 5.41) is 4.11. The Morgan fingerprint density at radius 1 is 1.25 bits per heavy atom. The third-order valence-corrected chi connectivity index (χ3v) is 6.75. The van der Waals surface area contributed by atoms with Gasteiger partial charge in [-0.1, -0.05) is 18.2 Å². The van der Waals surface area contributed by atoms with Gasteiger partial charge in [-0.15, -0.1) is 0 Å². The van der Waals surface area contributed by atoms with Gasteiger partial charge in [-0.05, 0) is 45.5 Å². The van der Waals surface area contributed by atoms with Crippen molar-refractivity contribution in [2.24, 2.45) is 7.05 Å². The van der Waals surface area contributed by atoms with Crippen LogP contribution in [0.3, 0.4) is 0 Å². The number of anilines is 1. The average molecular weight is 348 g/mol. The number of para-hydroxylation sites is 1. The van der Waals surface area contributed by atoms with Crippen molar-refractivity contribution in [3.05, 3.63) is 41.7 Å². The molecule has 24 heavy (non-hydrogen) atoms. The summed E-state index contributed by atoms with van der Waals surface area (Å²) in [5.41, 5.74) is 2.51. The summed E-state index contributed by atoms with van der Waals surface area (Å²) in [6, 6.07) is 7.95. The van der Waals surface area contributed by atoms with Gasteiger partial charge in [0.25, 0.3) is 10.0 Å². The van der Waals surface area contributed by atoms with Crippen LogP contribution in [0.25, 0.3) is 0 Å². The molecule has 1 unspecified atom stereocenters. The highest BCUT2D eigenvalue weighted by atomic mass is 32.2. The van der Waals surface area contributed by atoms with Crippen molar-refractivity contribution < 1.29 is 8.42 Å². The zero-order valence-corrected chi connectivity index (χ0v) is 15.4. The second-order valence-electron chi connectivity index (χ2n) is 6.54. The van der Waals surface area contributed by atoms with E-state index in [1.165, 1.54) is 6.20 Å². The van der Waals surface area contributed by atoms with Crippen LogP contribution in [0, 0.1) is 6.92 Å². The summed E-state index contributed by atoms with van der Waals surface area (Å²) < 4.78 is 29.9. The number of aromatic nitrogens is 2. The van der Waals surface area contributed by atoms with Crippen molar-refractivity contribution in [1.29, 1.82) is 0 Å². The van der Waals surface area contributed by atoms with E-state index in [9.17, 15) is 8.42 Å². The fourth-order valence-electron chi connectivity index (χ4n) is 3.17. The van der Waals surface area contributed by atoms with Crippen LogP contribution in [0.4, 0.5) is 5.69 Å². The molecule has 0 spiro atoms. The SMILES string of the molecule is Cc1c(S(=O)(=O)N2CC(N(C)C)CCc3ccccc32)cnn1C. The summed E-state index contributed by atoms with van der Waals surface area (Å²) in [6.45, 7) is 2.23. The Morgan fingerprint density at radius 3 is 2.58 bits per heavy atom. The Kier molecular flexibility index (Phi) is 4.40. The summed E-state index contributed by atoms with van der Waals surface area (Å²) >= 11 is 0. The second kappa shape index (κ2) is 6.22. The fourth-order valence-corrected chi connectivity index (χ4v) is 4.90. The molecule has 130 valence electrons. The molecule has 0 amide bonds. The quantitative estimate of drug-likeness (QED) is 0.849. The number of rotatable bonds is 3.